The molecular formula is C14H23N3O5S. The molecule has 130 valence electrons. The summed E-state index contributed by atoms with van der Waals surface area (Å²) >= 11 is 0. The molecule has 1 aliphatic rings. The molecule has 0 N–H and O–H groups in total. The Balaban J connectivity index is 1.91. The van der Waals surface area contributed by atoms with Crippen molar-refractivity contribution in [3.8, 4) is 5.75 Å². The van der Waals surface area contributed by atoms with Crippen molar-refractivity contribution in [2.45, 2.75) is 45.3 Å². The van der Waals surface area contributed by atoms with Crippen LogP contribution in [0.1, 0.15) is 39.7 Å². The first-order chi connectivity index (χ1) is 10.5. The summed E-state index contributed by atoms with van der Waals surface area (Å²) in [5, 5.41) is 4.15. The summed E-state index contributed by atoms with van der Waals surface area (Å²) in [5.41, 5.74) is -0.506. The highest BCUT2D eigenvalue weighted by Gasteiger charge is 2.28. The van der Waals surface area contributed by atoms with E-state index in [1.807, 2.05) is 20.8 Å². The van der Waals surface area contributed by atoms with Crippen LogP contribution in [0.25, 0.3) is 0 Å². The first-order valence-corrected chi connectivity index (χ1v) is 9.27. The molecule has 23 heavy (non-hydrogen) atoms. The molecule has 0 aromatic carbocycles. The van der Waals surface area contributed by atoms with Gasteiger partial charge in [0.25, 0.3) is 0 Å². The van der Waals surface area contributed by atoms with Crippen molar-refractivity contribution in [2.75, 3.05) is 19.3 Å². The van der Waals surface area contributed by atoms with Gasteiger partial charge in [0, 0.05) is 13.1 Å². The highest BCUT2D eigenvalue weighted by molar-refractivity contribution is 7.86. The summed E-state index contributed by atoms with van der Waals surface area (Å²) in [6.07, 6.45) is 5.07. The van der Waals surface area contributed by atoms with Gasteiger partial charge in [0.2, 0.25) is 0 Å². The SMILES string of the molecule is CC(C)(C)OC(=O)N1CCC(n2cc(OS(C)(=O)=O)cn2)CC1. The number of hydrogen-bond donors (Lipinski definition) is 0. The average Bonchev–Trinajstić information content (AvgIpc) is 2.83. The average molecular weight is 345 g/mol. The fourth-order valence-electron chi connectivity index (χ4n) is 2.38. The van der Waals surface area contributed by atoms with Crippen LogP contribution in [0.3, 0.4) is 0 Å². The number of hydrogen-bond acceptors (Lipinski definition) is 6. The Labute approximate surface area is 136 Å². The molecule has 1 aromatic rings. The lowest BCUT2D eigenvalue weighted by Crippen LogP contribution is -2.42. The second-order valence-corrected chi connectivity index (χ2v) is 8.22. The molecule has 1 aromatic heterocycles. The third-order valence-electron chi connectivity index (χ3n) is 3.32. The van der Waals surface area contributed by atoms with Crippen molar-refractivity contribution in [3.05, 3.63) is 12.4 Å². The third-order valence-corrected chi connectivity index (χ3v) is 3.81. The summed E-state index contributed by atoms with van der Waals surface area (Å²) in [4.78, 5) is 13.7. The number of carbonyl (C=O) groups excluding carboxylic acids is 1. The first-order valence-electron chi connectivity index (χ1n) is 7.45. The van der Waals surface area contributed by atoms with Crippen LogP contribution in [0, 0.1) is 0 Å². The molecule has 0 saturated carbocycles. The summed E-state index contributed by atoms with van der Waals surface area (Å²) in [6.45, 7) is 6.66. The van der Waals surface area contributed by atoms with Crippen molar-refractivity contribution >= 4 is 16.2 Å². The van der Waals surface area contributed by atoms with Crippen LogP contribution < -0.4 is 4.18 Å². The number of amides is 1. The Hall–Kier alpha value is -1.77. The Bertz CT molecular complexity index is 654. The lowest BCUT2D eigenvalue weighted by Gasteiger charge is -2.33. The lowest BCUT2D eigenvalue weighted by atomic mass is 10.1. The molecule has 1 aliphatic heterocycles. The van der Waals surface area contributed by atoms with E-state index in [-0.39, 0.29) is 17.9 Å². The van der Waals surface area contributed by atoms with E-state index < -0.39 is 15.7 Å². The topological polar surface area (TPSA) is 90.7 Å². The molecule has 0 unspecified atom stereocenters. The number of piperidine rings is 1. The number of nitrogens with zero attached hydrogens (tertiary/aromatic N) is 3. The van der Waals surface area contributed by atoms with E-state index in [4.69, 9.17) is 8.92 Å². The number of aromatic nitrogens is 2. The van der Waals surface area contributed by atoms with Gasteiger partial charge in [-0.05, 0) is 33.6 Å². The van der Waals surface area contributed by atoms with Crippen LogP contribution in [0.15, 0.2) is 12.4 Å². The maximum absolute atomic E-state index is 12.0. The highest BCUT2D eigenvalue weighted by Crippen LogP contribution is 2.25. The van der Waals surface area contributed by atoms with Gasteiger partial charge < -0.3 is 13.8 Å². The number of carbonyl (C=O) groups is 1. The summed E-state index contributed by atoms with van der Waals surface area (Å²) in [7, 11) is -3.55. The standard InChI is InChI=1S/C14H23N3O5S/c1-14(2,3)21-13(18)16-7-5-11(6-8-16)17-10-12(9-15-17)22-23(4,19)20/h9-11H,5-8H2,1-4H3. The normalized spacial score (nSPS) is 17.1. The van der Waals surface area contributed by atoms with Crippen molar-refractivity contribution in [3.63, 3.8) is 0 Å². The minimum Gasteiger partial charge on any atom is -0.444 e. The van der Waals surface area contributed by atoms with Crippen molar-refractivity contribution in [1.82, 2.24) is 14.7 Å². The fraction of sp³-hybridized carbons (Fsp3) is 0.714. The van der Waals surface area contributed by atoms with Gasteiger partial charge >= 0.3 is 16.2 Å². The smallest absolute Gasteiger partial charge is 0.410 e. The molecule has 8 nitrogen and oxygen atoms in total. The number of rotatable bonds is 3. The molecule has 2 rings (SSSR count). The number of likely N-dealkylation sites (tertiary alicyclic amines) is 1. The van der Waals surface area contributed by atoms with Gasteiger partial charge in [0.15, 0.2) is 5.75 Å². The lowest BCUT2D eigenvalue weighted by molar-refractivity contribution is 0.0184. The van der Waals surface area contributed by atoms with Gasteiger partial charge in [0.1, 0.15) is 5.60 Å². The quantitative estimate of drug-likeness (QED) is 0.776. The predicted octanol–water partition coefficient (Wildman–Crippen LogP) is 1.79. The molecular weight excluding hydrogens is 322 g/mol. The maximum Gasteiger partial charge on any atom is 0.410 e. The minimum absolute atomic E-state index is 0.102. The van der Waals surface area contributed by atoms with Gasteiger partial charge in [-0.25, -0.2) is 4.79 Å². The molecule has 0 radical (unpaired) electrons. The van der Waals surface area contributed by atoms with E-state index in [9.17, 15) is 13.2 Å². The number of ether oxygens (including phenoxy) is 1. The van der Waals surface area contributed by atoms with Gasteiger partial charge in [-0.2, -0.15) is 13.5 Å². The van der Waals surface area contributed by atoms with Crippen molar-refractivity contribution in [2.24, 2.45) is 0 Å². The second kappa shape index (κ2) is 6.38. The zero-order valence-corrected chi connectivity index (χ0v) is 14.7. The monoisotopic (exact) mass is 345 g/mol. The summed E-state index contributed by atoms with van der Waals surface area (Å²) in [6, 6.07) is 0.102. The fourth-order valence-corrected chi connectivity index (χ4v) is 2.81. The summed E-state index contributed by atoms with van der Waals surface area (Å²) in [5.74, 6) is 0.196. The van der Waals surface area contributed by atoms with E-state index in [0.29, 0.717) is 13.1 Å². The summed E-state index contributed by atoms with van der Waals surface area (Å²) < 4.78 is 34.0. The largest absolute Gasteiger partial charge is 0.444 e. The molecule has 9 heteroatoms. The van der Waals surface area contributed by atoms with E-state index in [0.717, 1.165) is 19.1 Å². The van der Waals surface area contributed by atoms with Crippen LogP contribution in [0.4, 0.5) is 4.79 Å². The van der Waals surface area contributed by atoms with Crippen LogP contribution in [0.2, 0.25) is 0 Å². The minimum atomic E-state index is -3.55. The molecule has 0 bridgehead atoms. The first kappa shape index (κ1) is 17.6. The van der Waals surface area contributed by atoms with Gasteiger partial charge in [0.05, 0.1) is 24.7 Å². The van der Waals surface area contributed by atoms with E-state index in [1.165, 1.54) is 6.20 Å². The molecule has 1 amide bonds. The maximum atomic E-state index is 12.0. The molecule has 2 heterocycles. The zero-order chi connectivity index (χ0) is 17.3. The molecule has 0 aliphatic carbocycles. The van der Waals surface area contributed by atoms with Crippen LogP contribution in [-0.4, -0.2) is 54.1 Å². The predicted molar refractivity (Wildman–Crippen MR) is 83.8 cm³/mol. The van der Waals surface area contributed by atoms with Crippen molar-refractivity contribution < 1.29 is 22.1 Å². The van der Waals surface area contributed by atoms with Crippen LogP contribution in [0.5, 0.6) is 5.75 Å². The second-order valence-electron chi connectivity index (χ2n) is 6.64. The van der Waals surface area contributed by atoms with Crippen LogP contribution >= 0.6 is 0 Å². The van der Waals surface area contributed by atoms with E-state index in [1.54, 1.807) is 15.8 Å². The Morgan fingerprint density at radius 3 is 2.43 bits per heavy atom. The molecule has 0 atom stereocenters. The third kappa shape index (κ3) is 5.42. The molecule has 1 fully saturated rings. The zero-order valence-electron chi connectivity index (χ0n) is 13.9. The Kier molecular flexibility index (Phi) is 4.88. The van der Waals surface area contributed by atoms with Gasteiger partial charge in [-0.1, -0.05) is 0 Å². The Morgan fingerprint density at radius 1 is 1.30 bits per heavy atom. The van der Waals surface area contributed by atoms with Crippen LogP contribution in [-0.2, 0) is 14.9 Å². The molecule has 1 saturated heterocycles. The van der Waals surface area contributed by atoms with E-state index >= 15 is 0 Å². The molecule has 0 spiro atoms. The van der Waals surface area contributed by atoms with Gasteiger partial charge in [-0.3, -0.25) is 4.68 Å². The van der Waals surface area contributed by atoms with Gasteiger partial charge in [-0.15, -0.1) is 0 Å². The highest BCUT2D eigenvalue weighted by atomic mass is 32.2. The van der Waals surface area contributed by atoms with Crippen molar-refractivity contribution in [1.29, 1.82) is 0 Å². The Morgan fingerprint density at radius 2 is 1.91 bits per heavy atom. The van der Waals surface area contributed by atoms with E-state index in [2.05, 4.69) is 5.10 Å².